The third-order valence-corrected chi connectivity index (χ3v) is 7.97. The van der Waals surface area contributed by atoms with Crippen LogP contribution in [-0.2, 0) is 10.9 Å². The molecule has 28 heavy (non-hydrogen) atoms. The molecule has 4 aromatic rings. The molecule has 1 fully saturated rings. The lowest BCUT2D eigenvalue weighted by molar-refractivity contribution is 0.949. The van der Waals surface area contributed by atoms with E-state index in [1.807, 2.05) is 0 Å². The van der Waals surface area contributed by atoms with Gasteiger partial charge in [0.15, 0.2) is 4.90 Å². The van der Waals surface area contributed by atoms with E-state index in [1.54, 1.807) is 0 Å². The van der Waals surface area contributed by atoms with E-state index in [0.29, 0.717) is 10.9 Å². The summed E-state index contributed by atoms with van der Waals surface area (Å²) in [6, 6.07) is 35.2. The van der Waals surface area contributed by atoms with Crippen LogP contribution in [0.2, 0.25) is 0 Å². The normalized spacial score (nSPS) is 14.4. The van der Waals surface area contributed by atoms with Gasteiger partial charge in [-0.25, -0.2) is 0 Å². The van der Waals surface area contributed by atoms with Crippen molar-refractivity contribution in [3.05, 3.63) is 97.1 Å². The van der Waals surface area contributed by atoms with Gasteiger partial charge in [-0.1, -0.05) is 48.5 Å². The Kier molecular flexibility index (Phi) is 4.80. The summed E-state index contributed by atoms with van der Waals surface area (Å²) in [6.45, 7) is 0. The Morgan fingerprint density at radius 1 is 0.536 bits per heavy atom. The standard InChI is InChI=1S/C26H24NS/c1-2-10-23(11-3-1)27(25-13-12-21-8-4-5-9-22(21)20-25)24-14-16-26(17-15-24)28-18-6-7-19-28/h1-5,8-17,20H,6-7,18-19H2/q+1. The molecule has 2 heteroatoms. The second-order valence-corrected chi connectivity index (χ2v) is 9.58. The molecule has 1 heterocycles. The van der Waals surface area contributed by atoms with Gasteiger partial charge in [0.25, 0.3) is 0 Å². The zero-order valence-corrected chi connectivity index (χ0v) is 16.7. The topological polar surface area (TPSA) is 3.24 Å². The number of nitrogens with zero attached hydrogens (tertiary/aromatic N) is 1. The first kappa shape index (κ1) is 17.4. The van der Waals surface area contributed by atoms with Crippen LogP contribution in [0.25, 0.3) is 10.8 Å². The maximum atomic E-state index is 2.36. The van der Waals surface area contributed by atoms with Crippen molar-refractivity contribution < 1.29 is 0 Å². The largest absolute Gasteiger partial charge is 0.310 e. The minimum atomic E-state index is 0.462. The summed E-state index contributed by atoms with van der Waals surface area (Å²) in [5.41, 5.74) is 3.60. The molecule has 0 saturated carbocycles. The van der Waals surface area contributed by atoms with Crippen molar-refractivity contribution in [2.45, 2.75) is 17.7 Å². The smallest absolute Gasteiger partial charge is 0.155 e. The van der Waals surface area contributed by atoms with Gasteiger partial charge in [0.2, 0.25) is 0 Å². The maximum absolute atomic E-state index is 2.36. The van der Waals surface area contributed by atoms with E-state index >= 15 is 0 Å². The molecular formula is C26H24NS+. The first-order chi connectivity index (χ1) is 13.9. The first-order valence-electron chi connectivity index (χ1n) is 10.00. The molecule has 1 aliphatic heterocycles. The molecule has 0 N–H and O–H groups in total. The molecule has 1 saturated heterocycles. The highest BCUT2D eigenvalue weighted by Gasteiger charge is 2.26. The van der Waals surface area contributed by atoms with E-state index in [0.717, 1.165) is 0 Å². The molecule has 0 aliphatic carbocycles. The first-order valence-corrected chi connectivity index (χ1v) is 11.6. The highest BCUT2D eigenvalue weighted by Crippen LogP contribution is 2.36. The Bertz CT molecular complexity index is 1070. The van der Waals surface area contributed by atoms with E-state index in [1.165, 1.54) is 57.1 Å². The van der Waals surface area contributed by atoms with Gasteiger partial charge in [-0.3, -0.25) is 0 Å². The van der Waals surface area contributed by atoms with Crippen LogP contribution in [0.15, 0.2) is 102 Å². The van der Waals surface area contributed by atoms with Crippen LogP contribution in [0.4, 0.5) is 17.1 Å². The summed E-state index contributed by atoms with van der Waals surface area (Å²) in [5, 5.41) is 2.54. The van der Waals surface area contributed by atoms with Gasteiger partial charge in [-0.05, 0) is 72.1 Å². The van der Waals surface area contributed by atoms with Crippen LogP contribution in [0, 0.1) is 0 Å². The molecule has 1 aliphatic rings. The Morgan fingerprint density at radius 3 is 1.89 bits per heavy atom. The zero-order valence-electron chi connectivity index (χ0n) is 15.9. The number of hydrogen-bond acceptors (Lipinski definition) is 1. The van der Waals surface area contributed by atoms with Crippen molar-refractivity contribution in [3.8, 4) is 0 Å². The molecule has 0 spiro atoms. The monoisotopic (exact) mass is 382 g/mol. The molecule has 5 rings (SSSR count). The van der Waals surface area contributed by atoms with Gasteiger partial charge in [-0.2, -0.15) is 0 Å². The predicted molar refractivity (Wildman–Crippen MR) is 123 cm³/mol. The minimum Gasteiger partial charge on any atom is -0.310 e. The van der Waals surface area contributed by atoms with Gasteiger partial charge in [0, 0.05) is 28.0 Å². The van der Waals surface area contributed by atoms with Gasteiger partial charge in [0.05, 0.1) is 0 Å². The van der Waals surface area contributed by atoms with Crippen LogP contribution < -0.4 is 4.90 Å². The van der Waals surface area contributed by atoms with Gasteiger partial charge >= 0.3 is 0 Å². The molecule has 138 valence electrons. The van der Waals surface area contributed by atoms with E-state index < -0.39 is 0 Å². The Labute approximate surface area is 170 Å². The van der Waals surface area contributed by atoms with Gasteiger partial charge in [0.1, 0.15) is 11.5 Å². The molecule has 0 atom stereocenters. The molecule has 0 amide bonds. The number of hydrogen-bond donors (Lipinski definition) is 0. The van der Waals surface area contributed by atoms with E-state index in [9.17, 15) is 0 Å². The molecule has 4 aromatic carbocycles. The lowest BCUT2D eigenvalue weighted by atomic mass is 10.1. The third-order valence-electron chi connectivity index (χ3n) is 5.47. The van der Waals surface area contributed by atoms with Crippen molar-refractivity contribution in [3.63, 3.8) is 0 Å². The highest BCUT2D eigenvalue weighted by atomic mass is 32.2. The van der Waals surface area contributed by atoms with E-state index in [2.05, 4.69) is 102 Å². The van der Waals surface area contributed by atoms with Crippen LogP contribution in [-0.4, -0.2) is 11.5 Å². The van der Waals surface area contributed by atoms with E-state index in [4.69, 9.17) is 0 Å². The summed E-state index contributed by atoms with van der Waals surface area (Å²) < 4.78 is 0. The molecule has 0 aromatic heterocycles. The SMILES string of the molecule is c1ccc(N(c2ccc([S+]3CCCC3)cc2)c2ccc3ccccc3c2)cc1. The molecule has 0 bridgehead atoms. The lowest BCUT2D eigenvalue weighted by Crippen LogP contribution is -2.10. The minimum absolute atomic E-state index is 0.462. The summed E-state index contributed by atoms with van der Waals surface area (Å²) in [7, 11) is 0.462. The van der Waals surface area contributed by atoms with Crippen LogP contribution in [0.3, 0.4) is 0 Å². The van der Waals surface area contributed by atoms with Crippen molar-refractivity contribution in [1.29, 1.82) is 0 Å². The fourth-order valence-electron chi connectivity index (χ4n) is 4.02. The second kappa shape index (κ2) is 7.73. The Hall–Kier alpha value is -2.71. The zero-order chi connectivity index (χ0) is 18.8. The van der Waals surface area contributed by atoms with Crippen molar-refractivity contribution in [2.75, 3.05) is 16.4 Å². The van der Waals surface area contributed by atoms with Crippen molar-refractivity contribution in [1.82, 2.24) is 0 Å². The van der Waals surface area contributed by atoms with Crippen LogP contribution in [0.1, 0.15) is 12.8 Å². The summed E-state index contributed by atoms with van der Waals surface area (Å²) >= 11 is 0. The average molecular weight is 383 g/mol. The summed E-state index contributed by atoms with van der Waals surface area (Å²) in [5.74, 6) is 2.73. The molecule has 0 unspecified atom stereocenters. The Balaban J connectivity index is 1.58. The maximum Gasteiger partial charge on any atom is 0.155 e. The second-order valence-electron chi connectivity index (χ2n) is 7.30. The summed E-state index contributed by atoms with van der Waals surface area (Å²) in [6.07, 6.45) is 2.77. The number of para-hydroxylation sites is 1. The number of rotatable bonds is 4. The number of benzene rings is 4. The fraction of sp³-hybridized carbons (Fsp3) is 0.154. The quantitative estimate of drug-likeness (QED) is 0.341. The van der Waals surface area contributed by atoms with Crippen LogP contribution in [0.5, 0.6) is 0 Å². The Morgan fingerprint density at radius 2 is 1.14 bits per heavy atom. The molecule has 1 nitrogen and oxygen atoms in total. The van der Waals surface area contributed by atoms with Crippen LogP contribution >= 0.6 is 0 Å². The highest BCUT2D eigenvalue weighted by molar-refractivity contribution is 7.97. The molecular weight excluding hydrogens is 358 g/mol. The third kappa shape index (κ3) is 3.41. The van der Waals surface area contributed by atoms with Gasteiger partial charge < -0.3 is 4.90 Å². The van der Waals surface area contributed by atoms with Crippen molar-refractivity contribution in [2.24, 2.45) is 0 Å². The average Bonchev–Trinajstić information content (AvgIpc) is 3.30. The molecule has 0 radical (unpaired) electrons. The predicted octanol–water partition coefficient (Wildman–Crippen LogP) is 7.08. The van der Waals surface area contributed by atoms with E-state index in [-0.39, 0.29) is 0 Å². The fourth-order valence-corrected chi connectivity index (χ4v) is 6.32. The van der Waals surface area contributed by atoms with Gasteiger partial charge in [-0.15, -0.1) is 0 Å². The lowest BCUT2D eigenvalue weighted by Gasteiger charge is -2.25. The number of anilines is 3. The number of fused-ring (bicyclic) bond motifs is 1. The van der Waals surface area contributed by atoms with Crippen molar-refractivity contribution >= 4 is 38.7 Å². The summed E-state index contributed by atoms with van der Waals surface area (Å²) in [4.78, 5) is 3.88.